The molecule has 1 aromatic carbocycles. The Kier molecular flexibility index (Phi) is 3.14. The van der Waals surface area contributed by atoms with Crippen LogP contribution in [-0.4, -0.2) is 26.3 Å². The van der Waals surface area contributed by atoms with Crippen LogP contribution in [0.5, 0.6) is 5.75 Å². The number of aromatic nitrogens is 3. The summed E-state index contributed by atoms with van der Waals surface area (Å²) in [6.45, 7) is 1.88. The molecule has 0 radical (unpaired) electrons. The zero-order valence-electron chi connectivity index (χ0n) is 9.51. The maximum atomic E-state index is 9.36. The van der Waals surface area contributed by atoms with Gasteiger partial charge in [-0.25, -0.2) is 4.98 Å². The second-order valence-electron chi connectivity index (χ2n) is 3.50. The minimum absolute atomic E-state index is 0.201. The highest BCUT2D eigenvalue weighted by Crippen LogP contribution is 2.25. The Labute approximate surface area is 103 Å². The van der Waals surface area contributed by atoms with E-state index in [9.17, 15) is 5.11 Å². The molecule has 2 aromatic rings. The van der Waals surface area contributed by atoms with Gasteiger partial charge in [0.1, 0.15) is 5.75 Å². The van der Waals surface area contributed by atoms with Gasteiger partial charge in [0.15, 0.2) is 11.0 Å². The first-order valence-corrected chi connectivity index (χ1v) is 6.18. The van der Waals surface area contributed by atoms with E-state index in [4.69, 9.17) is 5.73 Å². The zero-order valence-corrected chi connectivity index (χ0v) is 10.3. The largest absolute Gasteiger partial charge is 0.508 e. The molecule has 0 spiro atoms. The molecular formula is C11H12N4OS. The first-order valence-electron chi connectivity index (χ1n) is 4.95. The molecule has 0 aliphatic rings. The highest BCUT2D eigenvalue weighted by atomic mass is 32.2. The normalized spacial score (nSPS) is 10.5. The fraction of sp³-hybridized carbons (Fsp3) is 0.182. The van der Waals surface area contributed by atoms with Crippen LogP contribution in [-0.2, 0) is 0 Å². The topological polar surface area (TPSA) is 84.9 Å². The standard InChI is InChI=1S/C11H12N4OS/c1-6-5-7(16)3-4-8(6)9-13-10(12)15-11(14-9)17-2/h3-5,16H,1-2H3,(H2,12,13,14,15). The molecular weight excluding hydrogens is 236 g/mol. The van der Waals surface area contributed by atoms with Crippen LogP contribution in [0.15, 0.2) is 23.4 Å². The monoisotopic (exact) mass is 248 g/mol. The molecule has 6 heteroatoms. The van der Waals surface area contributed by atoms with E-state index < -0.39 is 0 Å². The van der Waals surface area contributed by atoms with Crippen molar-refractivity contribution in [3.63, 3.8) is 0 Å². The molecule has 0 aliphatic heterocycles. The van der Waals surface area contributed by atoms with Crippen molar-refractivity contribution in [2.24, 2.45) is 0 Å². The lowest BCUT2D eigenvalue weighted by atomic mass is 10.1. The summed E-state index contributed by atoms with van der Waals surface area (Å²) in [6.07, 6.45) is 1.88. The van der Waals surface area contributed by atoms with Gasteiger partial charge in [-0.3, -0.25) is 0 Å². The average molecular weight is 248 g/mol. The van der Waals surface area contributed by atoms with Crippen LogP contribution in [0.2, 0.25) is 0 Å². The highest BCUT2D eigenvalue weighted by molar-refractivity contribution is 7.98. The van der Waals surface area contributed by atoms with Crippen LogP contribution in [0.3, 0.4) is 0 Å². The molecule has 0 aliphatic carbocycles. The van der Waals surface area contributed by atoms with E-state index in [2.05, 4.69) is 15.0 Å². The molecule has 0 fully saturated rings. The van der Waals surface area contributed by atoms with E-state index in [1.165, 1.54) is 11.8 Å². The summed E-state index contributed by atoms with van der Waals surface area (Å²) in [5.41, 5.74) is 7.36. The predicted octanol–water partition coefficient (Wildman–Crippen LogP) is 1.86. The molecule has 88 valence electrons. The Balaban J connectivity index is 2.55. The summed E-state index contributed by atoms with van der Waals surface area (Å²) < 4.78 is 0. The van der Waals surface area contributed by atoms with E-state index in [-0.39, 0.29) is 11.7 Å². The molecule has 0 amide bonds. The van der Waals surface area contributed by atoms with E-state index >= 15 is 0 Å². The zero-order chi connectivity index (χ0) is 12.4. The predicted molar refractivity (Wildman–Crippen MR) is 67.9 cm³/mol. The average Bonchev–Trinajstić information content (AvgIpc) is 2.28. The minimum atomic E-state index is 0.201. The van der Waals surface area contributed by atoms with Gasteiger partial charge in [-0.05, 0) is 36.9 Å². The molecule has 17 heavy (non-hydrogen) atoms. The van der Waals surface area contributed by atoms with Gasteiger partial charge in [0.05, 0.1) is 0 Å². The van der Waals surface area contributed by atoms with Crippen molar-refractivity contribution in [2.75, 3.05) is 12.0 Å². The minimum Gasteiger partial charge on any atom is -0.508 e. The van der Waals surface area contributed by atoms with E-state index in [1.54, 1.807) is 18.2 Å². The van der Waals surface area contributed by atoms with Crippen LogP contribution >= 0.6 is 11.8 Å². The summed E-state index contributed by atoms with van der Waals surface area (Å²) in [4.78, 5) is 12.4. The number of thioether (sulfide) groups is 1. The SMILES string of the molecule is CSc1nc(N)nc(-c2ccc(O)cc2C)n1. The van der Waals surface area contributed by atoms with Gasteiger partial charge in [0, 0.05) is 5.56 Å². The number of benzene rings is 1. The second kappa shape index (κ2) is 4.58. The van der Waals surface area contributed by atoms with Gasteiger partial charge in [-0.1, -0.05) is 11.8 Å². The summed E-state index contributed by atoms with van der Waals surface area (Å²) >= 11 is 1.41. The Bertz CT molecular complexity index is 559. The second-order valence-corrected chi connectivity index (χ2v) is 4.28. The number of anilines is 1. The molecule has 0 bridgehead atoms. The first kappa shape index (κ1) is 11.7. The van der Waals surface area contributed by atoms with Crippen LogP contribution < -0.4 is 5.73 Å². The summed E-state index contributed by atoms with van der Waals surface area (Å²) in [5.74, 6) is 0.949. The van der Waals surface area contributed by atoms with Gasteiger partial charge >= 0.3 is 0 Å². The van der Waals surface area contributed by atoms with Crippen molar-refractivity contribution in [1.82, 2.24) is 15.0 Å². The molecule has 5 nitrogen and oxygen atoms in total. The lowest BCUT2D eigenvalue weighted by Gasteiger charge is -2.06. The van der Waals surface area contributed by atoms with E-state index in [1.807, 2.05) is 13.2 Å². The van der Waals surface area contributed by atoms with Crippen molar-refractivity contribution >= 4 is 17.7 Å². The quantitative estimate of drug-likeness (QED) is 0.789. The Morgan fingerprint density at radius 2 is 2.00 bits per heavy atom. The fourth-order valence-corrected chi connectivity index (χ4v) is 1.85. The lowest BCUT2D eigenvalue weighted by molar-refractivity contribution is 0.475. The summed E-state index contributed by atoms with van der Waals surface area (Å²) in [5, 5.41) is 9.94. The number of aryl methyl sites for hydroxylation is 1. The van der Waals surface area contributed by atoms with Crippen molar-refractivity contribution in [3.05, 3.63) is 23.8 Å². The third kappa shape index (κ3) is 2.47. The van der Waals surface area contributed by atoms with Gasteiger partial charge < -0.3 is 10.8 Å². The molecule has 0 saturated carbocycles. The first-order chi connectivity index (χ1) is 8.10. The van der Waals surface area contributed by atoms with Crippen LogP contribution in [0.1, 0.15) is 5.56 Å². The van der Waals surface area contributed by atoms with Crippen molar-refractivity contribution in [1.29, 1.82) is 0 Å². The molecule has 0 atom stereocenters. The smallest absolute Gasteiger partial charge is 0.224 e. The van der Waals surface area contributed by atoms with Gasteiger partial charge in [-0.2, -0.15) is 9.97 Å². The molecule has 3 N–H and O–H groups in total. The molecule has 1 aromatic heterocycles. The number of phenolic OH excluding ortho intramolecular Hbond substituents is 1. The summed E-state index contributed by atoms with van der Waals surface area (Å²) in [6, 6.07) is 5.03. The van der Waals surface area contributed by atoms with Crippen molar-refractivity contribution in [2.45, 2.75) is 12.1 Å². The third-order valence-electron chi connectivity index (χ3n) is 2.27. The van der Waals surface area contributed by atoms with E-state index in [0.29, 0.717) is 11.0 Å². The van der Waals surface area contributed by atoms with Gasteiger partial charge in [-0.15, -0.1) is 0 Å². The Morgan fingerprint density at radius 1 is 1.24 bits per heavy atom. The number of hydrogen-bond donors (Lipinski definition) is 2. The maximum Gasteiger partial charge on any atom is 0.224 e. The highest BCUT2D eigenvalue weighted by Gasteiger charge is 2.09. The van der Waals surface area contributed by atoms with Crippen LogP contribution in [0.4, 0.5) is 5.95 Å². The number of nitrogens with zero attached hydrogens (tertiary/aromatic N) is 3. The Morgan fingerprint density at radius 3 is 2.65 bits per heavy atom. The number of aromatic hydroxyl groups is 1. The molecule has 0 unspecified atom stereocenters. The number of hydrogen-bond acceptors (Lipinski definition) is 6. The van der Waals surface area contributed by atoms with E-state index in [0.717, 1.165) is 11.1 Å². The molecule has 1 heterocycles. The van der Waals surface area contributed by atoms with Crippen molar-refractivity contribution < 1.29 is 5.11 Å². The van der Waals surface area contributed by atoms with Crippen molar-refractivity contribution in [3.8, 4) is 17.1 Å². The Hall–Kier alpha value is -1.82. The third-order valence-corrected chi connectivity index (χ3v) is 2.81. The number of nitrogens with two attached hydrogens (primary N) is 1. The van der Waals surface area contributed by atoms with Crippen LogP contribution in [0, 0.1) is 6.92 Å². The number of rotatable bonds is 2. The number of phenols is 1. The van der Waals surface area contributed by atoms with Crippen LogP contribution in [0.25, 0.3) is 11.4 Å². The molecule has 2 rings (SSSR count). The fourth-order valence-electron chi connectivity index (χ4n) is 1.48. The van der Waals surface area contributed by atoms with Gasteiger partial charge in [0.25, 0.3) is 0 Å². The van der Waals surface area contributed by atoms with Gasteiger partial charge in [0.2, 0.25) is 5.95 Å². The summed E-state index contributed by atoms with van der Waals surface area (Å²) in [7, 11) is 0. The lowest BCUT2D eigenvalue weighted by Crippen LogP contribution is -2.02. The maximum absolute atomic E-state index is 9.36. The number of nitrogen functional groups attached to an aromatic ring is 1. The molecule has 0 saturated heterocycles.